The van der Waals surface area contributed by atoms with Crippen molar-refractivity contribution in [1.29, 1.82) is 0 Å². The van der Waals surface area contributed by atoms with Crippen molar-refractivity contribution in [3.8, 4) is 29.0 Å². The number of oxazole rings is 1. The highest BCUT2D eigenvalue weighted by atomic mass is 35.5. The van der Waals surface area contributed by atoms with E-state index in [-0.39, 0.29) is 11.8 Å². The van der Waals surface area contributed by atoms with E-state index < -0.39 is 0 Å². The van der Waals surface area contributed by atoms with Crippen molar-refractivity contribution in [1.82, 2.24) is 15.0 Å². The van der Waals surface area contributed by atoms with Crippen LogP contribution in [0.25, 0.3) is 22.7 Å². The molecule has 0 saturated heterocycles. The SMILES string of the molecule is Cc1cc(-c2nc3cnc(Oc4ccc(Cl)cc4)nc3o2)cc(C)c1[O]. The number of aryl methyl sites for hydroxylation is 2. The quantitative estimate of drug-likeness (QED) is 0.478. The summed E-state index contributed by atoms with van der Waals surface area (Å²) in [5, 5.41) is 12.5. The van der Waals surface area contributed by atoms with Crippen molar-refractivity contribution in [3.63, 3.8) is 0 Å². The fraction of sp³-hybridized carbons (Fsp3) is 0.105. The maximum atomic E-state index is 11.9. The molecule has 7 heteroatoms. The van der Waals surface area contributed by atoms with Crippen molar-refractivity contribution in [2.45, 2.75) is 13.8 Å². The second-order valence-electron chi connectivity index (χ2n) is 5.86. The third kappa shape index (κ3) is 3.07. The van der Waals surface area contributed by atoms with Gasteiger partial charge in [0, 0.05) is 10.6 Å². The summed E-state index contributed by atoms with van der Waals surface area (Å²) in [6, 6.07) is 10.5. The average Bonchev–Trinajstić information content (AvgIpc) is 3.04. The van der Waals surface area contributed by atoms with Gasteiger partial charge >= 0.3 is 6.01 Å². The van der Waals surface area contributed by atoms with Gasteiger partial charge in [-0.15, -0.1) is 0 Å². The molecule has 1 radical (unpaired) electrons. The first-order chi connectivity index (χ1) is 12.5. The van der Waals surface area contributed by atoms with Crippen molar-refractivity contribution < 1.29 is 14.3 Å². The van der Waals surface area contributed by atoms with Crippen LogP contribution in [0.2, 0.25) is 5.02 Å². The van der Waals surface area contributed by atoms with Crippen molar-refractivity contribution in [2.24, 2.45) is 0 Å². The summed E-state index contributed by atoms with van der Waals surface area (Å²) in [4.78, 5) is 12.8. The third-order valence-electron chi connectivity index (χ3n) is 3.86. The average molecular weight is 367 g/mol. The number of fused-ring (bicyclic) bond motifs is 1. The largest absolute Gasteiger partial charge is 0.424 e. The van der Waals surface area contributed by atoms with Crippen LogP contribution in [-0.2, 0) is 5.11 Å². The summed E-state index contributed by atoms with van der Waals surface area (Å²) in [5.74, 6) is 0.957. The Bertz CT molecular complexity index is 1080. The molecule has 2 heterocycles. The van der Waals surface area contributed by atoms with Gasteiger partial charge < -0.3 is 9.15 Å². The molecular formula is C19H13ClN3O3. The lowest BCUT2D eigenvalue weighted by molar-refractivity contribution is 0.348. The molecule has 2 aromatic heterocycles. The van der Waals surface area contributed by atoms with Gasteiger partial charge in [-0.05, 0) is 61.4 Å². The van der Waals surface area contributed by atoms with Crippen LogP contribution in [0.15, 0.2) is 47.0 Å². The number of rotatable bonds is 3. The zero-order valence-electron chi connectivity index (χ0n) is 14.0. The molecule has 2 aromatic carbocycles. The summed E-state index contributed by atoms with van der Waals surface area (Å²) < 4.78 is 11.3. The first kappa shape index (κ1) is 16.4. The fourth-order valence-electron chi connectivity index (χ4n) is 2.57. The summed E-state index contributed by atoms with van der Waals surface area (Å²) >= 11 is 5.86. The maximum absolute atomic E-state index is 11.9. The molecule has 0 atom stereocenters. The molecule has 26 heavy (non-hydrogen) atoms. The Morgan fingerprint density at radius 2 is 1.73 bits per heavy atom. The molecule has 129 valence electrons. The summed E-state index contributed by atoms with van der Waals surface area (Å²) in [6.07, 6.45) is 1.53. The molecule has 0 aliphatic carbocycles. The van der Waals surface area contributed by atoms with Crippen LogP contribution >= 0.6 is 11.6 Å². The first-order valence-corrected chi connectivity index (χ1v) is 8.23. The predicted octanol–water partition coefficient (Wildman–Crippen LogP) is 5.49. The molecule has 0 N–H and O–H groups in total. The molecule has 0 aliphatic rings. The summed E-state index contributed by atoms with van der Waals surface area (Å²) in [6.45, 7) is 3.53. The van der Waals surface area contributed by atoms with E-state index in [0.717, 1.165) is 5.56 Å². The van der Waals surface area contributed by atoms with Gasteiger partial charge in [0.2, 0.25) is 5.89 Å². The third-order valence-corrected chi connectivity index (χ3v) is 4.11. The Hall–Kier alpha value is -3.12. The predicted molar refractivity (Wildman–Crippen MR) is 96.2 cm³/mol. The molecular weight excluding hydrogens is 354 g/mol. The highest BCUT2D eigenvalue weighted by Crippen LogP contribution is 2.31. The molecule has 0 aliphatic heterocycles. The van der Waals surface area contributed by atoms with Gasteiger partial charge in [0.25, 0.3) is 5.71 Å². The van der Waals surface area contributed by atoms with E-state index >= 15 is 0 Å². The van der Waals surface area contributed by atoms with Crippen molar-refractivity contribution in [2.75, 3.05) is 0 Å². The fourth-order valence-corrected chi connectivity index (χ4v) is 2.70. The summed E-state index contributed by atoms with van der Waals surface area (Å²) in [7, 11) is 0. The lowest BCUT2D eigenvalue weighted by Gasteiger charge is -2.02. The topological polar surface area (TPSA) is 80.9 Å². The van der Waals surface area contributed by atoms with Gasteiger partial charge in [-0.2, -0.15) is 4.98 Å². The second kappa shape index (κ2) is 6.31. The van der Waals surface area contributed by atoms with Gasteiger partial charge in [0.1, 0.15) is 11.3 Å². The Kier molecular flexibility index (Phi) is 3.97. The molecule has 0 amide bonds. The molecule has 0 fully saturated rings. The van der Waals surface area contributed by atoms with Crippen LogP contribution < -0.4 is 4.74 Å². The Balaban J connectivity index is 1.68. The maximum Gasteiger partial charge on any atom is 0.325 e. The van der Waals surface area contributed by atoms with Gasteiger partial charge in [0.05, 0.1) is 6.20 Å². The van der Waals surface area contributed by atoms with Crippen molar-refractivity contribution >= 4 is 22.8 Å². The molecule has 4 rings (SSSR count). The molecule has 4 aromatic rings. The molecule has 0 unspecified atom stereocenters. The Labute approximate surface area is 154 Å². The minimum Gasteiger partial charge on any atom is -0.424 e. The van der Waals surface area contributed by atoms with Gasteiger partial charge in [-0.25, -0.2) is 9.97 Å². The molecule has 0 bridgehead atoms. The monoisotopic (exact) mass is 366 g/mol. The highest BCUT2D eigenvalue weighted by molar-refractivity contribution is 6.30. The Morgan fingerprint density at radius 3 is 2.42 bits per heavy atom. The van der Waals surface area contributed by atoms with Crippen LogP contribution in [0, 0.1) is 13.8 Å². The zero-order chi connectivity index (χ0) is 18.3. The minimum absolute atomic E-state index is 0.0169. The van der Waals surface area contributed by atoms with Crippen molar-refractivity contribution in [3.05, 3.63) is 58.7 Å². The van der Waals surface area contributed by atoms with Crippen LogP contribution in [-0.4, -0.2) is 15.0 Å². The molecule has 6 nitrogen and oxygen atoms in total. The number of halogens is 1. The van der Waals surface area contributed by atoms with Crippen LogP contribution in [0.4, 0.5) is 0 Å². The number of ether oxygens (including phenoxy) is 1. The number of hydrogen-bond donors (Lipinski definition) is 0. The minimum atomic E-state index is 0.0169. The summed E-state index contributed by atoms with van der Waals surface area (Å²) in [5.41, 5.74) is 2.81. The normalized spacial score (nSPS) is 11.0. The highest BCUT2D eigenvalue weighted by Gasteiger charge is 2.14. The van der Waals surface area contributed by atoms with E-state index in [2.05, 4.69) is 15.0 Å². The first-order valence-electron chi connectivity index (χ1n) is 7.85. The molecule has 0 spiro atoms. The lowest BCUT2D eigenvalue weighted by atomic mass is 10.1. The number of aromatic nitrogens is 3. The van der Waals surface area contributed by atoms with Gasteiger partial charge in [0.15, 0.2) is 5.75 Å². The molecule has 0 saturated carbocycles. The lowest BCUT2D eigenvalue weighted by Crippen LogP contribution is -1.91. The van der Waals surface area contributed by atoms with E-state index in [1.165, 1.54) is 6.20 Å². The smallest absolute Gasteiger partial charge is 0.325 e. The van der Waals surface area contributed by atoms with Crippen LogP contribution in [0.3, 0.4) is 0 Å². The van der Waals surface area contributed by atoms with Gasteiger partial charge in [-0.1, -0.05) is 11.6 Å². The van der Waals surface area contributed by atoms with E-state index in [1.54, 1.807) is 50.2 Å². The van der Waals surface area contributed by atoms with E-state index in [0.29, 0.717) is 39.0 Å². The van der Waals surface area contributed by atoms with E-state index in [9.17, 15) is 5.11 Å². The number of nitrogens with zero attached hydrogens (tertiary/aromatic N) is 3. The van der Waals surface area contributed by atoms with Crippen LogP contribution in [0.5, 0.6) is 17.5 Å². The van der Waals surface area contributed by atoms with Gasteiger partial charge in [-0.3, -0.25) is 5.11 Å². The Morgan fingerprint density at radius 1 is 1.04 bits per heavy atom. The van der Waals surface area contributed by atoms with E-state index in [4.69, 9.17) is 20.8 Å². The zero-order valence-corrected chi connectivity index (χ0v) is 14.7. The second-order valence-corrected chi connectivity index (χ2v) is 6.29. The van der Waals surface area contributed by atoms with E-state index in [1.807, 2.05) is 0 Å². The van der Waals surface area contributed by atoms with Crippen LogP contribution in [0.1, 0.15) is 11.1 Å². The number of benzene rings is 2. The number of hydrogen-bond acceptors (Lipinski definition) is 5. The standard InChI is InChI=1S/C19H13ClN3O3/c1-10-7-12(8-11(2)16(10)24)17-22-15-9-21-19(23-18(15)26-17)25-14-5-3-13(20)4-6-14/h3-9H,1-2H3.